The van der Waals surface area contributed by atoms with Crippen molar-refractivity contribution in [1.82, 2.24) is 14.5 Å². The topological polar surface area (TPSA) is 50.7 Å². The number of fused-ring (bicyclic) bond motifs is 3. The molecule has 1 atom stereocenters. The highest BCUT2D eigenvalue weighted by molar-refractivity contribution is 6.04. The minimum Gasteiger partial charge on any atom is -0.349 e. The van der Waals surface area contributed by atoms with E-state index in [2.05, 4.69) is 9.97 Å². The lowest BCUT2D eigenvalue weighted by atomic mass is 10.1. The van der Waals surface area contributed by atoms with Crippen molar-refractivity contribution in [3.63, 3.8) is 0 Å². The third-order valence-corrected chi connectivity index (χ3v) is 4.19. The van der Waals surface area contributed by atoms with Crippen LogP contribution in [0, 0.1) is 5.82 Å². The number of H-pyrrole nitrogens is 1. The van der Waals surface area contributed by atoms with Gasteiger partial charge in [0.1, 0.15) is 16.9 Å². The number of aromatic amines is 1. The Morgan fingerprint density at radius 2 is 1.96 bits per heavy atom. The van der Waals surface area contributed by atoms with Crippen LogP contribution in [0.25, 0.3) is 21.9 Å². The first-order chi connectivity index (χ1) is 11.1. The molecule has 2 aromatic heterocycles. The summed E-state index contributed by atoms with van der Waals surface area (Å²) in [7, 11) is 0. The van der Waals surface area contributed by atoms with Crippen LogP contribution in [0.1, 0.15) is 18.5 Å². The molecule has 23 heavy (non-hydrogen) atoms. The van der Waals surface area contributed by atoms with Crippen LogP contribution in [0.5, 0.6) is 0 Å². The number of hydrogen-bond donors (Lipinski definition) is 1. The summed E-state index contributed by atoms with van der Waals surface area (Å²) in [6.45, 7) is 1.95. The number of nitrogens with one attached hydrogen (secondary N) is 1. The lowest BCUT2D eigenvalue weighted by Gasteiger charge is -2.14. The fraction of sp³-hybridized carbons (Fsp3) is 0.111. The number of rotatable bonds is 2. The minimum absolute atomic E-state index is 0.135. The highest BCUT2D eigenvalue weighted by Crippen LogP contribution is 2.23. The Bertz CT molecular complexity index is 1070. The molecule has 1 unspecified atom stereocenters. The van der Waals surface area contributed by atoms with Gasteiger partial charge in [-0.15, -0.1) is 0 Å². The summed E-state index contributed by atoms with van der Waals surface area (Å²) in [5, 5.41) is 0.622. The fourth-order valence-corrected chi connectivity index (χ4v) is 2.91. The normalized spacial score (nSPS) is 12.8. The van der Waals surface area contributed by atoms with Gasteiger partial charge in [-0.25, -0.2) is 9.37 Å². The minimum atomic E-state index is -0.345. The summed E-state index contributed by atoms with van der Waals surface area (Å²) in [5.41, 5.74) is 2.47. The van der Waals surface area contributed by atoms with E-state index in [-0.39, 0.29) is 17.4 Å². The first-order valence-corrected chi connectivity index (χ1v) is 7.38. The molecule has 0 radical (unpaired) electrons. The first kappa shape index (κ1) is 13.7. The van der Waals surface area contributed by atoms with E-state index in [4.69, 9.17) is 0 Å². The molecule has 0 aliphatic rings. The molecule has 114 valence electrons. The van der Waals surface area contributed by atoms with Gasteiger partial charge in [-0.2, -0.15) is 0 Å². The molecule has 1 N–H and O–H groups in total. The predicted octanol–water partition coefficient (Wildman–Crippen LogP) is 3.63. The van der Waals surface area contributed by atoms with Crippen molar-refractivity contribution in [2.45, 2.75) is 13.0 Å². The monoisotopic (exact) mass is 307 g/mol. The Hall–Kier alpha value is -2.95. The highest BCUT2D eigenvalue weighted by Gasteiger charge is 2.15. The van der Waals surface area contributed by atoms with E-state index in [0.717, 1.165) is 5.56 Å². The van der Waals surface area contributed by atoms with Crippen molar-refractivity contribution < 1.29 is 4.39 Å². The molecule has 0 bridgehead atoms. The molecule has 0 aliphatic heterocycles. The molecule has 5 heteroatoms. The number of nitrogens with zero attached hydrogens (tertiary/aromatic N) is 2. The maximum atomic E-state index is 13.4. The molecule has 0 spiro atoms. The van der Waals surface area contributed by atoms with Crippen LogP contribution >= 0.6 is 0 Å². The average Bonchev–Trinajstić information content (AvgIpc) is 2.94. The van der Waals surface area contributed by atoms with E-state index in [9.17, 15) is 9.18 Å². The second-order valence-corrected chi connectivity index (χ2v) is 5.58. The molecule has 2 heterocycles. The molecule has 0 saturated heterocycles. The van der Waals surface area contributed by atoms with Crippen LogP contribution in [0.2, 0.25) is 0 Å². The van der Waals surface area contributed by atoms with Gasteiger partial charge in [-0.05, 0) is 30.7 Å². The second kappa shape index (κ2) is 5.05. The van der Waals surface area contributed by atoms with Crippen LogP contribution < -0.4 is 5.56 Å². The van der Waals surface area contributed by atoms with Crippen molar-refractivity contribution in [2.24, 2.45) is 0 Å². The molecule has 0 fully saturated rings. The quantitative estimate of drug-likeness (QED) is 0.615. The van der Waals surface area contributed by atoms with Gasteiger partial charge in [0, 0.05) is 10.9 Å². The van der Waals surface area contributed by atoms with Gasteiger partial charge in [0.05, 0.1) is 12.4 Å². The third kappa shape index (κ3) is 2.12. The SMILES string of the molecule is CC(c1ccccc1)n1cnc2c([nH]c3ccc(F)cc32)c1=O. The molecule has 0 aliphatic carbocycles. The summed E-state index contributed by atoms with van der Waals surface area (Å²) in [4.78, 5) is 20.2. The van der Waals surface area contributed by atoms with E-state index in [1.54, 1.807) is 10.6 Å². The second-order valence-electron chi connectivity index (χ2n) is 5.58. The molecule has 0 amide bonds. The fourth-order valence-electron chi connectivity index (χ4n) is 2.91. The molecule has 2 aromatic carbocycles. The molecule has 4 nitrogen and oxygen atoms in total. The highest BCUT2D eigenvalue weighted by atomic mass is 19.1. The molecular formula is C18H14FN3O. The van der Waals surface area contributed by atoms with Gasteiger partial charge in [-0.3, -0.25) is 9.36 Å². The summed E-state index contributed by atoms with van der Waals surface area (Å²) >= 11 is 0. The maximum absolute atomic E-state index is 13.4. The summed E-state index contributed by atoms with van der Waals surface area (Å²) in [6.07, 6.45) is 1.53. The van der Waals surface area contributed by atoms with Gasteiger partial charge in [-0.1, -0.05) is 30.3 Å². The molecule has 4 rings (SSSR count). The van der Waals surface area contributed by atoms with Crippen LogP contribution in [0.15, 0.2) is 59.7 Å². The van der Waals surface area contributed by atoms with Crippen LogP contribution in [-0.2, 0) is 0 Å². The smallest absolute Gasteiger partial charge is 0.278 e. The summed E-state index contributed by atoms with van der Waals surface area (Å²) in [6, 6.07) is 14.0. The van der Waals surface area contributed by atoms with E-state index in [0.29, 0.717) is 21.9 Å². The van der Waals surface area contributed by atoms with Crippen LogP contribution in [-0.4, -0.2) is 14.5 Å². The Kier molecular flexibility index (Phi) is 3.01. The van der Waals surface area contributed by atoms with Crippen molar-refractivity contribution in [2.75, 3.05) is 0 Å². The standard InChI is InChI=1S/C18H14FN3O/c1-11(12-5-3-2-4-6-12)22-10-20-16-14-9-13(19)7-8-15(14)21-17(16)18(22)23/h2-11,21H,1H3. The van der Waals surface area contributed by atoms with Crippen molar-refractivity contribution >= 4 is 21.9 Å². The predicted molar refractivity (Wildman–Crippen MR) is 88.1 cm³/mol. The maximum Gasteiger partial charge on any atom is 0.278 e. The zero-order valence-corrected chi connectivity index (χ0v) is 12.5. The van der Waals surface area contributed by atoms with Crippen molar-refractivity contribution in [3.8, 4) is 0 Å². The van der Waals surface area contributed by atoms with E-state index >= 15 is 0 Å². The summed E-state index contributed by atoms with van der Waals surface area (Å²) < 4.78 is 15.0. The van der Waals surface area contributed by atoms with Gasteiger partial charge < -0.3 is 4.98 Å². The number of hydrogen-bond acceptors (Lipinski definition) is 2. The molecule has 0 saturated carbocycles. The molecular weight excluding hydrogens is 293 g/mol. The lowest BCUT2D eigenvalue weighted by Crippen LogP contribution is -2.24. The number of halogens is 1. The van der Waals surface area contributed by atoms with E-state index in [1.807, 2.05) is 37.3 Å². The zero-order chi connectivity index (χ0) is 16.0. The van der Waals surface area contributed by atoms with Crippen LogP contribution in [0.3, 0.4) is 0 Å². The number of benzene rings is 2. The number of aromatic nitrogens is 3. The van der Waals surface area contributed by atoms with Crippen LogP contribution in [0.4, 0.5) is 4.39 Å². The Labute approximate surface area is 131 Å². The van der Waals surface area contributed by atoms with Gasteiger partial charge >= 0.3 is 0 Å². The zero-order valence-electron chi connectivity index (χ0n) is 12.5. The average molecular weight is 307 g/mol. The largest absolute Gasteiger partial charge is 0.349 e. The Morgan fingerprint density at radius 3 is 2.74 bits per heavy atom. The van der Waals surface area contributed by atoms with Crippen molar-refractivity contribution in [3.05, 3.63) is 76.6 Å². The van der Waals surface area contributed by atoms with Gasteiger partial charge in [0.15, 0.2) is 0 Å². The van der Waals surface area contributed by atoms with E-state index in [1.165, 1.54) is 18.5 Å². The van der Waals surface area contributed by atoms with Crippen molar-refractivity contribution in [1.29, 1.82) is 0 Å². The summed E-state index contributed by atoms with van der Waals surface area (Å²) in [5.74, 6) is -0.345. The van der Waals surface area contributed by atoms with Gasteiger partial charge in [0.25, 0.3) is 5.56 Å². The molecule has 4 aromatic rings. The Morgan fingerprint density at radius 1 is 1.17 bits per heavy atom. The lowest BCUT2D eigenvalue weighted by molar-refractivity contribution is 0.608. The van der Waals surface area contributed by atoms with Gasteiger partial charge in [0.2, 0.25) is 0 Å². The Balaban J connectivity index is 1.95. The third-order valence-electron chi connectivity index (χ3n) is 4.19. The first-order valence-electron chi connectivity index (χ1n) is 7.38. The van der Waals surface area contributed by atoms with E-state index < -0.39 is 0 Å².